The van der Waals surface area contributed by atoms with Crippen LogP contribution in [0.2, 0.25) is 5.02 Å². The molecule has 0 spiro atoms. The van der Waals surface area contributed by atoms with Crippen LogP contribution in [0.3, 0.4) is 0 Å². The SMILES string of the molecule is COc1ccc(OCCN(C)CC(=O)Nc2c(C)cc(C)cc2Cl)cc1. The summed E-state index contributed by atoms with van der Waals surface area (Å²) in [6, 6.07) is 11.2. The molecule has 0 aliphatic heterocycles. The summed E-state index contributed by atoms with van der Waals surface area (Å²) in [7, 11) is 3.50. The van der Waals surface area contributed by atoms with E-state index in [1.54, 1.807) is 7.11 Å². The second kappa shape index (κ2) is 9.46. The average Bonchev–Trinajstić information content (AvgIpc) is 2.58. The number of rotatable bonds is 8. The molecule has 5 nitrogen and oxygen atoms in total. The predicted molar refractivity (Wildman–Crippen MR) is 106 cm³/mol. The Kier molecular flexibility index (Phi) is 7.30. The molecule has 0 saturated carbocycles. The molecule has 0 unspecified atom stereocenters. The van der Waals surface area contributed by atoms with Crippen molar-refractivity contribution < 1.29 is 14.3 Å². The van der Waals surface area contributed by atoms with Crippen LogP contribution in [-0.4, -0.2) is 44.7 Å². The van der Waals surface area contributed by atoms with Gasteiger partial charge in [0.05, 0.1) is 24.4 Å². The minimum Gasteiger partial charge on any atom is -0.497 e. The molecular formula is C20H25ClN2O3. The number of hydrogen-bond acceptors (Lipinski definition) is 4. The largest absolute Gasteiger partial charge is 0.497 e. The maximum Gasteiger partial charge on any atom is 0.238 e. The van der Waals surface area contributed by atoms with Gasteiger partial charge in [0.1, 0.15) is 18.1 Å². The molecule has 0 aromatic heterocycles. The average molecular weight is 377 g/mol. The highest BCUT2D eigenvalue weighted by atomic mass is 35.5. The summed E-state index contributed by atoms with van der Waals surface area (Å²) < 4.78 is 10.8. The van der Waals surface area contributed by atoms with Gasteiger partial charge in [-0.1, -0.05) is 17.7 Å². The third-order valence-electron chi connectivity index (χ3n) is 3.91. The Morgan fingerprint density at radius 2 is 1.81 bits per heavy atom. The Morgan fingerprint density at radius 3 is 2.42 bits per heavy atom. The predicted octanol–water partition coefficient (Wildman–Crippen LogP) is 3.91. The minimum absolute atomic E-state index is 0.106. The van der Waals surface area contributed by atoms with Crippen LogP contribution in [-0.2, 0) is 4.79 Å². The lowest BCUT2D eigenvalue weighted by Crippen LogP contribution is -2.33. The second-order valence-electron chi connectivity index (χ2n) is 6.25. The first-order chi connectivity index (χ1) is 12.4. The van der Waals surface area contributed by atoms with E-state index < -0.39 is 0 Å². The van der Waals surface area contributed by atoms with Crippen LogP contribution in [0, 0.1) is 13.8 Å². The fraction of sp³-hybridized carbons (Fsp3) is 0.350. The van der Waals surface area contributed by atoms with Crippen molar-refractivity contribution in [3.8, 4) is 11.5 Å². The highest BCUT2D eigenvalue weighted by molar-refractivity contribution is 6.34. The molecule has 140 valence electrons. The molecule has 0 radical (unpaired) electrons. The van der Waals surface area contributed by atoms with Crippen molar-refractivity contribution in [3.05, 3.63) is 52.5 Å². The molecule has 2 aromatic carbocycles. The van der Waals surface area contributed by atoms with Crippen LogP contribution in [0.4, 0.5) is 5.69 Å². The quantitative estimate of drug-likeness (QED) is 0.758. The standard InChI is InChI=1S/C20H25ClN2O3/c1-14-11-15(2)20(18(21)12-14)22-19(24)13-23(3)9-10-26-17-7-5-16(25-4)6-8-17/h5-8,11-12H,9-10,13H2,1-4H3,(H,22,24). The van der Waals surface area contributed by atoms with Crippen molar-refractivity contribution >= 4 is 23.2 Å². The van der Waals surface area contributed by atoms with Crippen molar-refractivity contribution in [1.82, 2.24) is 4.90 Å². The van der Waals surface area contributed by atoms with Crippen LogP contribution >= 0.6 is 11.6 Å². The monoisotopic (exact) mass is 376 g/mol. The second-order valence-corrected chi connectivity index (χ2v) is 6.66. The molecule has 0 bridgehead atoms. The van der Waals surface area contributed by atoms with Crippen LogP contribution in [0.1, 0.15) is 11.1 Å². The lowest BCUT2D eigenvalue weighted by Gasteiger charge is -2.18. The zero-order valence-corrected chi connectivity index (χ0v) is 16.4. The number of amides is 1. The number of anilines is 1. The maximum absolute atomic E-state index is 12.2. The first-order valence-electron chi connectivity index (χ1n) is 8.41. The summed E-state index contributed by atoms with van der Waals surface area (Å²) in [5.74, 6) is 1.45. The van der Waals surface area contributed by atoms with Crippen LogP contribution in [0.15, 0.2) is 36.4 Å². The first-order valence-corrected chi connectivity index (χ1v) is 8.79. The van der Waals surface area contributed by atoms with Crippen LogP contribution < -0.4 is 14.8 Å². The number of nitrogens with zero attached hydrogens (tertiary/aromatic N) is 1. The molecular weight excluding hydrogens is 352 g/mol. The van der Waals surface area contributed by atoms with Gasteiger partial charge in [-0.15, -0.1) is 0 Å². The number of aryl methyl sites for hydroxylation is 2. The zero-order valence-electron chi connectivity index (χ0n) is 15.6. The Hall–Kier alpha value is -2.24. The fourth-order valence-corrected chi connectivity index (χ4v) is 2.94. The van der Waals surface area contributed by atoms with Gasteiger partial charge in [-0.25, -0.2) is 0 Å². The van der Waals surface area contributed by atoms with E-state index in [9.17, 15) is 4.79 Å². The van der Waals surface area contributed by atoms with Crippen molar-refractivity contribution in [3.63, 3.8) is 0 Å². The number of carbonyl (C=O) groups excluding carboxylic acids is 1. The number of benzene rings is 2. The van der Waals surface area contributed by atoms with Crippen molar-refractivity contribution in [1.29, 1.82) is 0 Å². The zero-order chi connectivity index (χ0) is 19.1. The molecule has 0 fully saturated rings. The third kappa shape index (κ3) is 5.93. The Bertz CT molecular complexity index is 724. The van der Waals surface area contributed by atoms with E-state index >= 15 is 0 Å². The Balaban J connectivity index is 1.78. The topological polar surface area (TPSA) is 50.8 Å². The van der Waals surface area contributed by atoms with Crippen molar-refractivity contribution in [2.24, 2.45) is 0 Å². The summed E-state index contributed by atoms with van der Waals surface area (Å²) in [6.45, 7) is 5.28. The van der Waals surface area contributed by atoms with Crippen molar-refractivity contribution in [2.45, 2.75) is 13.8 Å². The van der Waals surface area contributed by atoms with Gasteiger partial charge in [0.15, 0.2) is 0 Å². The van der Waals surface area contributed by atoms with Crippen molar-refractivity contribution in [2.75, 3.05) is 39.2 Å². The fourth-order valence-electron chi connectivity index (χ4n) is 2.57. The molecule has 1 amide bonds. The number of likely N-dealkylation sites (N-methyl/N-ethyl adjacent to an activating group) is 1. The summed E-state index contributed by atoms with van der Waals surface area (Å²) in [4.78, 5) is 14.1. The maximum atomic E-state index is 12.2. The number of hydrogen-bond donors (Lipinski definition) is 1. The van der Waals surface area contributed by atoms with E-state index in [1.807, 2.05) is 62.2 Å². The van der Waals surface area contributed by atoms with Gasteiger partial charge < -0.3 is 14.8 Å². The summed E-state index contributed by atoms with van der Waals surface area (Å²) in [6.07, 6.45) is 0. The Morgan fingerprint density at radius 1 is 1.15 bits per heavy atom. The van der Waals surface area contributed by atoms with E-state index in [2.05, 4.69) is 5.32 Å². The molecule has 0 saturated heterocycles. The minimum atomic E-state index is -0.106. The molecule has 0 aliphatic carbocycles. The molecule has 2 rings (SSSR count). The highest BCUT2D eigenvalue weighted by Crippen LogP contribution is 2.27. The molecule has 26 heavy (non-hydrogen) atoms. The van der Waals surface area contributed by atoms with E-state index in [0.717, 1.165) is 22.6 Å². The normalized spacial score (nSPS) is 10.7. The molecule has 6 heteroatoms. The number of nitrogens with one attached hydrogen (secondary N) is 1. The van der Waals surface area contributed by atoms with Gasteiger partial charge >= 0.3 is 0 Å². The number of carbonyl (C=O) groups is 1. The summed E-state index contributed by atoms with van der Waals surface area (Å²) in [5, 5.41) is 3.45. The van der Waals surface area contributed by atoms with Crippen LogP contribution in [0.25, 0.3) is 0 Å². The Labute approximate surface area is 159 Å². The van der Waals surface area contributed by atoms with Gasteiger partial charge in [-0.3, -0.25) is 9.69 Å². The highest BCUT2D eigenvalue weighted by Gasteiger charge is 2.11. The van der Waals surface area contributed by atoms with Crippen LogP contribution in [0.5, 0.6) is 11.5 Å². The van der Waals surface area contributed by atoms with Gasteiger partial charge in [0.25, 0.3) is 0 Å². The van der Waals surface area contributed by atoms with E-state index in [1.165, 1.54) is 0 Å². The van der Waals surface area contributed by atoms with Gasteiger partial charge in [-0.2, -0.15) is 0 Å². The van der Waals surface area contributed by atoms with Gasteiger partial charge in [-0.05, 0) is 62.4 Å². The molecule has 0 atom stereocenters. The smallest absolute Gasteiger partial charge is 0.238 e. The molecule has 0 aliphatic rings. The van der Waals surface area contributed by atoms with Gasteiger partial charge in [0, 0.05) is 6.54 Å². The van der Waals surface area contributed by atoms with E-state index in [4.69, 9.17) is 21.1 Å². The lowest BCUT2D eigenvalue weighted by atomic mass is 10.1. The number of halogens is 1. The summed E-state index contributed by atoms with van der Waals surface area (Å²) in [5.41, 5.74) is 2.69. The number of ether oxygens (including phenoxy) is 2. The molecule has 0 heterocycles. The summed E-state index contributed by atoms with van der Waals surface area (Å²) >= 11 is 6.23. The lowest BCUT2D eigenvalue weighted by molar-refractivity contribution is -0.117. The first kappa shape index (κ1) is 20.1. The third-order valence-corrected chi connectivity index (χ3v) is 4.21. The molecule has 2 aromatic rings. The van der Waals surface area contributed by atoms with E-state index in [0.29, 0.717) is 23.9 Å². The van der Waals surface area contributed by atoms with E-state index in [-0.39, 0.29) is 12.5 Å². The molecule has 1 N–H and O–H groups in total. The number of methoxy groups -OCH3 is 1. The van der Waals surface area contributed by atoms with Gasteiger partial charge in [0.2, 0.25) is 5.91 Å².